The van der Waals surface area contributed by atoms with Gasteiger partial charge in [-0.15, -0.1) is 0 Å². The van der Waals surface area contributed by atoms with Crippen molar-refractivity contribution in [3.05, 3.63) is 41.3 Å². The Morgan fingerprint density at radius 1 is 1.39 bits per heavy atom. The summed E-state index contributed by atoms with van der Waals surface area (Å²) in [5.41, 5.74) is 6.56. The summed E-state index contributed by atoms with van der Waals surface area (Å²) in [6.07, 6.45) is 0. The van der Waals surface area contributed by atoms with Crippen LogP contribution >= 0.6 is 0 Å². The van der Waals surface area contributed by atoms with Crippen molar-refractivity contribution < 1.29 is 9.13 Å². The van der Waals surface area contributed by atoms with E-state index in [0.717, 1.165) is 0 Å². The summed E-state index contributed by atoms with van der Waals surface area (Å²) >= 11 is 0. The van der Waals surface area contributed by atoms with Crippen LogP contribution in [-0.2, 0) is 7.05 Å². The van der Waals surface area contributed by atoms with E-state index in [4.69, 9.17) is 15.9 Å². The quantitative estimate of drug-likeness (QED) is 0.643. The molecule has 0 aliphatic carbocycles. The normalized spacial score (nSPS) is 10.4. The average Bonchev–Trinajstić information content (AvgIpc) is 2.57. The second kappa shape index (κ2) is 4.48. The first kappa shape index (κ1) is 12.1. The van der Waals surface area contributed by atoms with Crippen molar-refractivity contribution >= 4 is 5.84 Å². The van der Waals surface area contributed by atoms with Crippen molar-refractivity contribution in [2.75, 3.05) is 0 Å². The van der Waals surface area contributed by atoms with E-state index < -0.39 is 0 Å². The van der Waals surface area contributed by atoms with Crippen LogP contribution in [0.25, 0.3) is 0 Å². The van der Waals surface area contributed by atoms with Gasteiger partial charge < -0.3 is 10.5 Å². The van der Waals surface area contributed by atoms with Gasteiger partial charge in [-0.3, -0.25) is 5.41 Å². The number of aromatic nitrogens is 2. The fraction of sp³-hybridized carbons (Fsp3) is 0.167. The molecule has 0 aliphatic heterocycles. The zero-order valence-electron chi connectivity index (χ0n) is 10.1. The minimum absolute atomic E-state index is 0.113. The van der Waals surface area contributed by atoms with Gasteiger partial charge in [0.2, 0.25) is 5.88 Å². The van der Waals surface area contributed by atoms with Crippen molar-refractivity contribution in [3.63, 3.8) is 0 Å². The maximum atomic E-state index is 12.8. The number of nitrogens with two attached hydrogens (primary N) is 1. The van der Waals surface area contributed by atoms with Crippen LogP contribution in [0.15, 0.2) is 24.3 Å². The van der Waals surface area contributed by atoms with Gasteiger partial charge >= 0.3 is 0 Å². The van der Waals surface area contributed by atoms with Crippen molar-refractivity contribution in [1.29, 1.82) is 5.41 Å². The molecule has 5 nitrogen and oxygen atoms in total. The van der Waals surface area contributed by atoms with Crippen molar-refractivity contribution in [3.8, 4) is 11.6 Å². The van der Waals surface area contributed by atoms with Crippen molar-refractivity contribution in [2.24, 2.45) is 12.8 Å². The lowest BCUT2D eigenvalue weighted by Gasteiger charge is -2.07. The zero-order valence-corrected chi connectivity index (χ0v) is 10.1. The summed E-state index contributed by atoms with van der Waals surface area (Å²) in [4.78, 5) is 0. The summed E-state index contributed by atoms with van der Waals surface area (Å²) < 4.78 is 19.9. The number of aryl methyl sites for hydroxylation is 2. The molecular formula is C12H13FN4O. The number of rotatable bonds is 3. The highest BCUT2D eigenvalue weighted by atomic mass is 19.1. The highest BCUT2D eigenvalue weighted by Crippen LogP contribution is 2.26. The first-order chi connectivity index (χ1) is 8.49. The van der Waals surface area contributed by atoms with E-state index in [2.05, 4.69) is 5.10 Å². The molecule has 0 atom stereocenters. The summed E-state index contributed by atoms with van der Waals surface area (Å²) in [5, 5.41) is 11.7. The van der Waals surface area contributed by atoms with E-state index in [1.54, 1.807) is 14.0 Å². The molecule has 0 fully saturated rings. The number of amidine groups is 1. The van der Waals surface area contributed by atoms with E-state index >= 15 is 0 Å². The zero-order chi connectivity index (χ0) is 13.3. The number of nitrogens with one attached hydrogen (secondary N) is 1. The summed E-state index contributed by atoms with van der Waals surface area (Å²) in [6, 6.07) is 5.60. The first-order valence-electron chi connectivity index (χ1n) is 5.30. The largest absolute Gasteiger partial charge is 0.439 e. The third-order valence-electron chi connectivity index (χ3n) is 2.47. The molecule has 1 aromatic carbocycles. The maximum Gasteiger partial charge on any atom is 0.228 e. The summed E-state index contributed by atoms with van der Waals surface area (Å²) in [7, 11) is 1.69. The molecular weight excluding hydrogens is 235 g/mol. The Bertz CT molecular complexity index is 589. The Morgan fingerprint density at radius 3 is 2.56 bits per heavy atom. The molecule has 6 heteroatoms. The van der Waals surface area contributed by atoms with Gasteiger partial charge in [0.15, 0.2) is 0 Å². The molecule has 1 aromatic heterocycles. The monoisotopic (exact) mass is 248 g/mol. The Balaban J connectivity index is 2.39. The summed E-state index contributed by atoms with van der Waals surface area (Å²) in [6.45, 7) is 1.74. The smallest absolute Gasteiger partial charge is 0.228 e. The molecule has 0 saturated carbocycles. The van der Waals surface area contributed by atoms with Gasteiger partial charge in [0.25, 0.3) is 0 Å². The van der Waals surface area contributed by atoms with Gasteiger partial charge in [-0.25, -0.2) is 9.07 Å². The third-order valence-corrected chi connectivity index (χ3v) is 2.47. The van der Waals surface area contributed by atoms with Crippen LogP contribution < -0.4 is 10.5 Å². The van der Waals surface area contributed by atoms with Gasteiger partial charge in [0.05, 0.1) is 5.69 Å². The van der Waals surface area contributed by atoms with Gasteiger partial charge in [-0.2, -0.15) is 5.10 Å². The van der Waals surface area contributed by atoms with E-state index in [9.17, 15) is 4.39 Å². The minimum Gasteiger partial charge on any atom is -0.439 e. The number of benzene rings is 1. The fourth-order valence-electron chi connectivity index (χ4n) is 1.68. The van der Waals surface area contributed by atoms with Crippen LogP contribution in [0.2, 0.25) is 0 Å². The van der Waals surface area contributed by atoms with E-state index in [1.807, 2.05) is 0 Å². The Kier molecular flexibility index (Phi) is 3.01. The highest BCUT2D eigenvalue weighted by molar-refractivity contribution is 5.98. The van der Waals surface area contributed by atoms with Gasteiger partial charge in [0.1, 0.15) is 23.0 Å². The number of nitrogens with zero attached hydrogens (tertiary/aromatic N) is 2. The molecule has 2 rings (SSSR count). The van der Waals surface area contributed by atoms with Gasteiger partial charge in [-0.1, -0.05) is 0 Å². The molecule has 2 aromatic rings. The molecule has 0 spiro atoms. The Labute approximate surface area is 103 Å². The predicted molar refractivity (Wildman–Crippen MR) is 65.4 cm³/mol. The molecule has 0 bridgehead atoms. The number of hydrogen-bond acceptors (Lipinski definition) is 3. The molecule has 0 amide bonds. The maximum absolute atomic E-state index is 12.8. The third kappa shape index (κ3) is 2.17. The van der Waals surface area contributed by atoms with Gasteiger partial charge in [0, 0.05) is 7.05 Å². The van der Waals surface area contributed by atoms with Crippen LogP contribution in [0.4, 0.5) is 4.39 Å². The average molecular weight is 248 g/mol. The molecule has 94 valence electrons. The lowest BCUT2D eigenvalue weighted by Crippen LogP contribution is -2.13. The number of hydrogen-bond donors (Lipinski definition) is 2. The molecule has 1 heterocycles. The molecule has 0 aliphatic rings. The molecule has 0 radical (unpaired) electrons. The Morgan fingerprint density at radius 2 is 2.00 bits per heavy atom. The summed E-state index contributed by atoms with van der Waals surface area (Å²) in [5.74, 6) is 0.376. The number of halogens is 1. The SMILES string of the molecule is Cc1nn(C)c(Oc2ccc(F)cc2)c1C(=N)N. The van der Waals surface area contributed by atoms with E-state index in [1.165, 1.54) is 28.9 Å². The molecule has 18 heavy (non-hydrogen) atoms. The predicted octanol–water partition coefficient (Wildman–Crippen LogP) is 1.94. The van der Waals surface area contributed by atoms with Gasteiger partial charge in [-0.05, 0) is 31.2 Å². The van der Waals surface area contributed by atoms with Crippen molar-refractivity contribution in [2.45, 2.75) is 6.92 Å². The van der Waals surface area contributed by atoms with E-state index in [-0.39, 0.29) is 11.7 Å². The first-order valence-corrected chi connectivity index (χ1v) is 5.30. The molecule has 0 saturated heterocycles. The topological polar surface area (TPSA) is 76.9 Å². The van der Waals surface area contributed by atoms with Crippen LogP contribution in [0.3, 0.4) is 0 Å². The molecule has 3 N–H and O–H groups in total. The number of nitrogen functional groups attached to an aromatic ring is 1. The number of ether oxygens (including phenoxy) is 1. The van der Waals surface area contributed by atoms with E-state index in [0.29, 0.717) is 22.9 Å². The van der Waals surface area contributed by atoms with Crippen LogP contribution in [-0.4, -0.2) is 15.6 Å². The second-order valence-corrected chi connectivity index (χ2v) is 3.86. The Hall–Kier alpha value is -2.37. The standard InChI is InChI=1S/C12H13FN4O/c1-7-10(11(14)15)12(17(2)16-7)18-9-5-3-8(13)4-6-9/h3-6H,1-2H3,(H3,14,15). The lowest BCUT2D eigenvalue weighted by molar-refractivity contribution is 0.428. The lowest BCUT2D eigenvalue weighted by atomic mass is 10.2. The molecule has 0 unspecified atom stereocenters. The van der Waals surface area contributed by atoms with Crippen molar-refractivity contribution in [1.82, 2.24) is 9.78 Å². The van der Waals surface area contributed by atoms with Crippen LogP contribution in [0.1, 0.15) is 11.3 Å². The van der Waals surface area contributed by atoms with Crippen LogP contribution in [0.5, 0.6) is 11.6 Å². The van der Waals surface area contributed by atoms with Crippen LogP contribution in [0, 0.1) is 18.2 Å². The highest BCUT2D eigenvalue weighted by Gasteiger charge is 2.17. The minimum atomic E-state index is -0.338. The second-order valence-electron chi connectivity index (χ2n) is 3.86. The fourth-order valence-corrected chi connectivity index (χ4v) is 1.68.